The Morgan fingerprint density at radius 1 is 1.23 bits per heavy atom. The predicted octanol–water partition coefficient (Wildman–Crippen LogP) is 3.92. The molecule has 6 heteroatoms. The van der Waals surface area contributed by atoms with Gasteiger partial charge in [0.05, 0.1) is 6.04 Å². The molecule has 1 N–H and O–H groups in total. The molecule has 2 heterocycles. The molecule has 26 heavy (non-hydrogen) atoms. The van der Waals surface area contributed by atoms with E-state index in [1.54, 1.807) is 40.9 Å². The number of benzene rings is 2. The Kier molecular flexibility index (Phi) is 4.68. The zero-order valence-corrected chi connectivity index (χ0v) is 15.0. The Morgan fingerprint density at radius 3 is 2.92 bits per heavy atom. The molecule has 0 aliphatic carbocycles. The topological polar surface area (TPSA) is 49.4 Å². The molecule has 0 saturated carbocycles. The molecule has 4 rings (SSSR count). The van der Waals surface area contributed by atoms with E-state index in [1.807, 2.05) is 6.07 Å². The summed E-state index contributed by atoms with van der Waals surface area (Å²) in [5.41, 5.74) is 2.10. The fraction of sp³-hybridized carbons (Fsp3) is 0.300. The Balaban J connectivity index is 1.55. The van der Waals surface area contributed by atoms with E-state index in [1.165, 1.54) is 12.1 Å². The van der Waals surface area contributed by atoms with E-state index in [0.717, 1.165) is 34.7 Å². The zero-order valence-electron chi connectivity index (χ0n) is 14.2. The first-order chi connectivity index (χ1) is 12.6. The molecule has 0 radical (unpaired) electrons. The number of nitrogens with zero attached hydrogens (tertiary/aromatic N) is 1. The van der Waals surface area contributed by atoms with Crippen LogP contribution in [0.15, 0.2) is 47.4 Å². The molecule has 0 bridgehead atoms. The highest BCUT2D eigenvalue weighted by Crippen LogP contribution is 2.36. The summed E-state index contributed by atoms with van der Waals surface area (Å²) in [6.07, 6.45) is 2.16. The molecule has 2 aromatic carbocycles. The summed E-state index contributed by atoms with van der Waals surface area (Å²) in [6, 6.07) is 11.7. The summed E-state index contributed by atoms with van der Waals surface area (Å²) >= 11 is 1.68. The maximum Gasteiger partial charge on any atom is 0.251 e. The molecule has 4 nitrogen and oxygen atoms in total. The molecular formula is C20H19FN2O2S. The molecule has 2 aliphatic heterocycles. The van der Waals surface area contributed by atoms with Crippen LogP contribution >= 0.6 is 11.8 Å². The van der Waals surface area contributed by atoms with Gasteiger partial charge in [0.25, 0.3) is 5.91 Å². The van der Waals surface area contributed by atoms with Crippen molar-refractivity contribution in [3.05, 3.63) is 59.4 Å². The molecule has 0 aromatic heterocycles. The van der Waals surface area contributed by atoms with Gasteiger partial charge in [0.2, 0.25) is 5.91 Å². The standard InChI is InChI=1S/C20H19FN2O2S/c21-14-6-7-18-16(12-14)17(8-10-26-18)22-20(25)13-3-1-4-15(11-13)23-9-2-5-19(23)24/h1,3-4,6-7,11-12,17H,2,5,8-10H2,(H,22,25). The third kappa shape index (κ3) is 3.33. The van der Waals surface area contributed by atoms with Gasteiger partial charge in [-0.2, -0.15) is 0 Å². The number of halogens is 1. The van der Waals surface area contributed by atoms with Gasteiger partial charge < -0.3 is 10.2 Å². The number of thioether (sulfide) groups is 1. The van der Waals surface area contributed by atoms with Crippen molar-refractivity contribution in [1.82, 2.24) is 5.32 Å². The van der Waals surface area contributed by atoms with Crippen LogP contribution in [0, 0.1) is 5.82 Å². The van der Waals surface area contributed by atoms with E-state index in [-0.39, 0.29) is 23.7 Å². The van der Waals surface area contributed by atoms with E-state index in [4.69, 9.17) is 0 Å². The number of rotatable bonds is 3. The van der Waals surface area contributed by atoms with Crippen molar-refractivity contribution >= 4 is 29.3 Å². The maximum atomic E-state index is 13.6. The van der Waals surface area contributed by atoms with Gasteiger partial charge >= 0.3 is 0 Å². The zero-order chi connectivity index (χ0) is 18.1. The minimum atomic E-state index is -0.292. The Labute approximate surface area is 155 Å². The number of hydrogen-bond donors (Lipinski definition) is 1. The molecule has 1 fully saturated rings. The third-order valence-corrected chi connectivity index (χ3v) is 5.93. The largest absolute Gasteiger partial charge is 0.345 e. The van der Waals surface area contributed by atoms with Gasteiger partial charge in [-0.3, -0.25) is 9.59 Å². The van der Waals surface area contributed by atoms with Crippen LogP contribution in [0.25, 0.3) is 0 Å². The van der Waals surface area contributed by atoms with Crippen LogP contribution in [0.1, 0.15) is 41.2 Å². The first-order valence-corrected chi connectivity index (χ1v) is 9.74. The molecule has 2 amide bonds. The number of fused-ring (bicyclic) bond motifs is 1. The highest BCUT2D eigenvalue weighted by Gasteiger charge is 2.25. The van der Waals surface area contributed by atoms with Crippen LogP contribution in [0.5, 0.6) is 0 Å². The summed E-state index contributed by atoms with van der Waals surface area (Å²) < 4.78 is 13.6. The van der Waals surface area contributed by atoms with E-state index in [2.05, 4.69) is 5.32 Å². The average Bonchev–Trinajstić information content (AvgIpc) is 3.08. The second-order valence-corrected chi connectivity index (χ2v) is 7.68. The Hall–Kier alpha value is -2.34. The number of carbonyl (C=O) groups is 2. The van der Waals surface area contributed by atoms with Crippen LogP contribution in [-0.2, 0) is 4.79 Å². The monoisotopic (exact) mass is 370 g/mol. The lowest BCUT2D eigenvalue weighted by Crippen LogP contribution is -2.31. The molecule has 2 aliphatic rings. The van der Waals surface area contributed by atoms with Crippen molar-refractivity contribution in [2.75, 3.05) is 17.2 Å². The number of carbonyl (C=O) groups excluding carboxylic acids is 2. The molecule has 0 spiro atoms. The van der Waals surface area contributed by atoms with Gasteiger partial charge in [-0.05, 0) is 54.8 Å². The molecule has 1 atom stereocenters. The lowest BCUT2D eigenvalue weighted by molar-refractivity contribution is -0.117. The van der Waals surface area contributed by atoms with E-state index < -0.39 is 0 Å². The summed E-state index contributed by atoms with van der Waals surface area (Å²) in [5, 5.41) is 3.03. The van der Waals surface area contributed by atoms with Gasteiger partial charge in [-0.1, -0.05) is 6.07 Å². The van der Waals surface area contributed by atoms with Crippen LogP contribution in [0.2, 0.25) is 0 Å². The number of amides is 2. The fourth-order valence-electron chi connectivity index (χ4n) is 3.49. The smallest absolute Gasteiger partial charge is 0.251 e. The second-order valence-electron chi connectivity index (χ2n) is 6.54. The summed E-state index contributed by atoms with van der Waals surface area (Å²) in [5.74, 6) is 0.480. The Bertz CT molecular complexity index is 871. The van der Waals surface area contributed by atoms with Crippen molar-refractivity contribution in [3.8, 4) is 0 Å². The first-order valence-electron chi connectivity index (χ1n) is 8.75. The van der Waals surface area contributed by atoms with Crippen molar-refractivity contribution in [2.45, 2.75) is 30.2 Å². The van der Waals surface area contributed by atoms with Crippen molar-refractivity contribution in [2.24, 2.45) is 0 Å². The summed E-state index contributed by atoms with van der Waals surface area (Å²) in [7, 11) is 0. The lowest BCUT2D eigenvalue weighted by Gasteiger charge is -2.26. The third-order valence-electron chi connectivity index (χ3n) is 4.81. The van der Waals surface area contributed by atoms with Crippen molar-refractivity contribution in [1.29, 1.82) is 0 Å². The maximum absolute atomic E-state index is 13.6. The first kappa shape index (κ1) is 17.1. The highest BCUT2D eigenvalue weighted by molar-refractivity contribution is 7.99. The SMILES string of the molecule is O=C(NC1CCSc2ccc(F)cc21)c1cccc(N2CCCC2=O)c1. The molecular weight excluding hydrogens is 351 g/mol. The van der Waals surface area contributed by atoms with Gasteiger partial charge in [-0.15, -0.1) is 11.8 Å². The van der Waals surface area contributed by atoms with Crippen molar-refractivity contribution < 1.29 is 14.0 Å². The highest BCUT2D eigenvalue weighted by atomic mass is 32.2. The average molecular weight is 370 g/mol. The van der Waals surface area contributed by atoms with Crippen LogP contribution in [0.3, 0.4) is 0 Å². The quantitative estimate of drug-likeness (QED) is 0.891. The minimum Gasteiger partial charge on any atom is -0.345 e. The molecule has 2 aromatic rings. The van der Waals surface area contributed by atoms with Gasteiger partial charge in [0.1, 0.15) is 5.82 Å². The Morgan fingerprint density at radius 2 is 2.12 bits per heavy atom. The number of hydrogen-bond acceptors (Lipinski definition) is 3. The van der Waals surface area contributed by atoms with E-state index in [0.29, 0.717) is 18.5 Å². The normalized spacial score (nSPS) is 19.3. The van der Waals surface area contributed by atoms with Crippen LogP contribution < -0.4 is 10.2 Å². The fourth-order valence-corrected chi connectivity index (χ4v) is 4.60. The lowest BCUT2D eigenvalue weighted by atomic mass is 10.0. The number of nitrogens with one attached hydrogen (secondary N) is 1. The van der Waals surface area contributed by atoms with Gasteiger partial charge in [0.15, 0.2) is 0 Å². The van der Waals surface area contributed by atoms with Crippen LogP contribution in [-0.4, -0.2) is 24.1 Å². The molecule has 1 saturated heterocycles. The minimum absolute atomic E-state index is 0.0938. The second kappa shape index (κ2) is 7.11. The molecule has 1 unspecified atom stereocenters. The van der Waals surface area contributed by atoms with Crippen LogP contribution in [0.4, 0.5) is 10.1 Å². The number of anilines is 1. The summed E-state index contributed by atoms with van der Waals surface area (Å²) in [6.45, 7) is 0.691. The molecule has 134 valence electrons. The predicted molar refractivity (Wildman–Crippen MR) is 100.0 cm³/mol. The van der Waals surface area contributed by atoms with Gasteiger partial charge in [0, 0.05) is 34.9 Å². The van der Waals surface area contributed by atoms with Gasteiger partial charge in [-0.25, -0.2) is 4.39 Å². The van der Waals surface area contributed by atoms with Crippen molar-refractivity contribution in [3.63, 3.8) is 0 Å². The van der Waals surface area contributed by atoms with E-state index in [9.17, 15) is 14.0 Å². The van der Waals surface area contributed by atoms with E-state index >= 15 is 0 Å². The summed E-state index contributed by atoms with van der Waals surface area (Å²) in [4.78, 5) is 27.4.